The fourth-order valence-corrected chi connectivity index (χ4v) is 0.862. The molecular weight excluding hydrogens is 166 g/mol. The van der Waals surface area contributed by atoms with Crippen molar-refractivity contribution in [2.24, 2.45) is 5.73 Å². The van der Waals surface area contributed by atoms with Gasteiger partial charge in [0.2, 0.25) is 5.91 Å². The molecule has 0 fully saturated rings. The second-order valence-electron chi connectivity index (χ2n) is 3.28. The molecule has 1 amide bonds. The third-order valence-electron chi connectivity index (χ3n) is 1.99. The van der Waals surface area contributed by atoms with Gasteiger partial charge in [-0.15, -0.1) is 0 Å². The Kier molecular flexibility index (Phi) is 6.54. The van der Waals surface area contributed by atoms with E-state index in [1.165, 1.54) is 0 Å². The molecule has 2 unspecified atom stereocenters. The Labute approximate surface area is 80.3 Å². The Balaban J connectivity index is 3.68. The Morgan fingerprint density at radius 3 is 2.54 bits per heavy atom. The molecule has 0 aliphatic heterocycles. The first-order valence-corrected chi connectivity index (χ1v) is 4.85. The Morgan fingerprint density at radius 1 is 1.46 bits per heavy atom. The van der Waals surface area contributed by atoms with Crippen molar-refractivity contribution >= 4 is 5.91 Å². The van der Waals surface area contributed by atoms with Crippen LogP contribution in [0.3, 0.4) is 0 Å². The van der Waals surface area contributed by atoms with Gasteiger partial charge in [-0.1, -0.05) is 6.92 Å². The Morgan fingerprint density at radius 2 is 2.08 bits per heavy atom. The summed E-state index contributed by atoms with van der Waals surface area (Å²) in [6.07, 6.45) is 0.954. The van der Waals surface area contributed by atoms with Gasteiger partial charge in [-0.25, -0.2) is 0 Å². The van der Waals surface area contributed by atoms with Crippen LogP contribution in [0.15, 0.2) is 0 Å². The molecule has 0 saturated carbocycles. The van der Waals surface area contributed by atoms with Crippen LogP contribution in [0.1, 0.15) is 27.2 Å². The van der Waals surface area contributed by atoms with E-state index in [0.717, 1.165) is 6.42 Å². The average molecular weight is 187 g/mol. The van der Waals surface area contributed by atoms with Crippen LogP contribution in [0.5, 0.6) is 0 Å². The lowest BCUT2D eigenvalue weighted by Gasteiger charge is -2.16. The van der Waals surface area contributed by atoms with E-state index in [4.69, 9.17) is 5.73 Å². The van der Waals surface area contributed by atoms with Crippen molar-refractivity contribution in [1.29, 1.82) is 0 Å². The molecule has 78 valence electrons. The van der Waals surface area contributed by atoms with Gasteiger partial charge in [0.25, 0.3) is 0 Å². The summed E-state index contributed by atoms with van der Waals surface area (Å²) in [7, 11) is 0. The number of amides is 1. The molecule has 0 saturated heterocycles. The molecule has 0 bridgehead atoms. The van der Waals surface area contributed by atoms with Crippen molar-refractivity contribution in [2.75, 3.05) is 13.1 Å². The highest BCUT2D eigenvalue weighted by Gasteiger charge is 2.12. The molecule has 13 heavy (non-hydrogen) atoms. The van der Waals surface area contributed by atoms with Gasteiger partial charge in [0.15, 0.2) is 0 Å². The van der Waals surface area contributed by atoms with E-state index in [0.29, 0.717) is 13.1 Å². The van der Waals surface area contributed by atoms with Gasteiger partial charge in [-0.3, -0.25) is 4.79 Å². The average Bonchev–Trinajstić information content (AvgIpc) is 2.13. The summed E-state index contributed by atoms with van der Waals surface area (Å²) in [5.41, 5.74) is 5.31. The fourth-order valence-electron chi connectivity index (χ4n) is 0.862. The minimum Gasteiger partial charge on any atom is -0.352 e. The maximum atomic E-state index is 11.4. The first-order valence-electron chi connectivity index (χ1n) is 4.85. The van der Waals surface area contributed by atoms with Gasteiger partial charge < -0.3 is 16.4 Å². The Hall–Kier alpha value is -0.610. The maximum Gasteiger partial charge on any atom is 0.237 e. The topological polar surface area (TPSA) is 67.2 Å². The third kappa shape index (κ3) is 5.60. The van der Waals surface area contributed by atoms with Gasteiger partial charge in [0, 0.05) is 19.1 Å². The summed E-state index contributed by atoms with van der Waals surface area (Å²) >= 11 is 0. The van der Waals surface area contributed by atoms with Crippen molar-refractivity contribution in [3.63, 3.8) is 0 Å². The quantitative estimate of drug-likeness (QED) is 0.541. The molecule has 0 spiro atoms. The minimum atomic E-state index is -0.155. The van der Waals surface area contributed by atoms with Crippen LogP contribution in [0.25, 0.3) is 0 Å². The maximum absolute atomic E-state index is 11.4. The largest absolute Gasteiger partial charge is 0.352 e. The standard InChI is InChI=1S/C9H21N3O/c1-4-7(2)12-9(13)8(3)11-6-5-10/h7-8,11H,4-6,10H2,1-3H3,(H,12,13). The van der Waals surface area contributed by atoms with Crippen molar-refractivity contribution in [3.05, 3.63) is 0 Å². The monoisotopic (exact) mass is 187 g/mol. The number of rotatable bonds is 6. The van der Waals surface area contributed by atoms with Crippen LogP contribution in [-0.2, 0) is 4.79 Å². The molecule has 0 aromatic carbocycles. The molecule has 0 aliphatic rings. The van der Waals surface area contributed by atoms with E-state index in [1.807, 2.05) is 20.8 Å². The number of hydrogen-bond acceptors (Lipinski definition) is 3. The van der Waals surface area contributed by atoms with Crippen LogP contribution in [-0.4, -0.2) is 31.1 Å². The number of carbonyl (C=O) groups is 1. The molecule has 0 heterocycles. The van der Waals surface area contributed by atoms with Gasteiger partial charge >= 0.3 is 0 Å². The normalized spacial score (nSPS) is 15.1. The van der Waals surface area contributed by atoms with Gasteiger partial charge in [0.1, 0.15) is 0 Å². The zero-order chi connectivity index (χ0) is 10.3. The highest BCUT2D eigenvalue weighted by atomic mass is 16.2. The second kappa shape index (κ2) is 6.86. The Bertz CT molecular complexity index is 150. The number of carbonyl (C=O) groups excluding carboxylic acids is 1. The molecule has 4 nitrogen and oxygen atoms in total. The summed E-state index contributed by atoms with van der Waals surface area (Å²) in [5, 5.41) is 5.92. The number of hydrogen-bond donors (Lipinski definition) is 3. The summed E-state index contributed by atoms with van der Waals surface area (Å²) in [6, 6.07) is 0.0900. The lowest BCUT2D eigenvalue weighted by Crippen LogP contribution is -2.46. The highest BCUT2D eigenvalue weighted by Crippen LogP contribution is 1.89. The summed E-state index contributed by atoms with van der Waals surface area (Å²) in [6.45, 7) is 7.11. The minimum absolute atomic E-state index is 0.0443. The van der Waals surface area contributed by atoms with E-state index in [-0.39, 0.29) is 18.0 Å². The lowest BCUT2D eigenvalue weighted by molar-refractivity contribution is -0.123. The van der Waals surface area contributed by atoms with Crippen LogP contribution < -0.4 is 16.4 Å². The van der Waals surface area contributed by atoms with Gasteiger partial charge in [-0.05, 0) is 20.3 Å². The highest BCUT2D eigenvalue weighted by molar-refractivity contribution is 5.81. The molecule has 0 aromatic heterocycles. The van der Waals surface area contributed by atoms with Crippen LogP contribution >= 0.6 is 0 Å². The van der Waals surface area contributed by atoms with Crippen molar-refractivity contribution < 1.29 is 4.79 Å². The molecule has 0 aromatic rings. The van der Waals surface area contributed by atoms with E-state index >= 15 is 0 Å². The SMILES string of the molecule is CCC(C)NC(=O)C(C)NCCN. The molecule has 4 N–H and O–H groups in total. The van der Waals surface area contributed by atoms with Crippen LogP contribution in [0, 0.1) is 0 Å². The first-order chi connectivity index (χ1) is 6.11. The molecule has 0 rings (SSSR count). The summed E-state index contributed by atoms with van der Waals surface area (Å²) < 4.78 is 0. The van der Waals surface area contributed by atoms with E-state index in [1.54, 1.807) is 0 Å². The van der Waals surface area contributed by atoms with Crippen molar-refractivity contribution in [3.8, 4) is 0 Å². The predicted octanol–water partition coefficient (Wildman–Crippen LogP) is -0.162. The van der Waals surface area contributed by atoms with Gasteiger partial charge in [0.05, 0.1) is 6.04 Å². The van der Waals surface area contributed by atoms with Crippen molar-refractivity contribution in [1.82, 2.24) is 10.6 Å². The summed E-state index contributed by atoms with van der Waals surface area (Å²) in [4.78, 5) is 11.4. The van der Waals surface area contributed by atoms with E-state index in [9.17, 15) is 4.79 Å². The first kappa shape index (κ1) is 12.4. The molecule has 2 atom stereocenters. The zero-order valence-corrected chi connectivity index (χ0v) is 8.76. The predicted molar refractivity (Wildman–Crippen MR) is 54.4 cm³/mol. The molecule has 0 radical (unpaired) electrons. The van der Waals surface area contributed by atoms with E-state index < -0.39 is 0 Å². The number of nitrogens with one attached hydrogen (secondary N) is 2. The molecule has 4 heteroatoms. The summed E-state index contributed by atoms with van der Waals surface area (Å²) in [5.74, 6) is 0.0443. The van der Waals surface area contributed by atoms with Crippen LogP contribution in [0.4, 0.5) is 0 Å². The lowest BCUT2D eigenvalue weighted by atomic mass is 10.2. The van der Waals surface area contributed by atoms with Crippen molar-refractivity contribution in [2.45, 2.75) is 39.3 Å². The van der Waals surface area contributed by atoms with Gasteiger partial charge in [-0.2, -0.15) is 0 Å². The molecular formula is C9H21N3O. The zero-order valence-electron chi connectivity index (χ0n) is 8.76. The van der Waals surface area contributed by atoms with E-state index in [2.05, 4.69) is 10.6 Å². The molecule has 0 aliphatic carbocycles. The fraction of sp³-hybridized carbons (Fsp3) is 0.889. The second-order valence-corrected chi connectivity index (χ2v) is 3.28. The smallest absolute Gasteiger partial charge is 0.237 e. The third-order valence-corrected chi connectivity index (χ3v) is 1.99. The van der Waals surface area contributed by atoms with Crippen LogP contribution in [0.2, 0.25) is 0 Å². The number of nitrogens with two attached hydrogens (primary N) is 1.